The number of rotatable bonds is 4. The smallest absolute Gasteiger partial charge is 0.410 e. The van der Waals surface area contributed by atoms with Crippen LogP contribution in [0.2, 0.25) is 0 Å². The maximum absolute atomic E-state index is 13.0. The standard InChI is InChI=1S/C24H23N3O3S/c28-23(22-10-9-21(31-22)19-8-4-5-13-25-19)26-14-11-18(12-15-26)27-20(16-30-24(27)29)17-6-2-1-3-7-17/h1-10,13,18,20H,11-12,14-16H2. The number of benzene rings is 1. The zero-order valence-corrected chi connectivity index (χ0v) is 17.8. The van der Waals surface area contributed by atoms with Crippen LogP contribution in [0.25, 0.3) is 10.6 Å². The van der Waals surface area contributed by atoms with Crippen LogP contribution in [0.3, 0.4) is 0 Å². The number of hydrogen-bond donors (Lipinski definition) is 0. The Hall–Kier alpha value is -3.19. The van der Waals surface area contributed by atoms with Crippen LogP contribution in [0.5, 0.6) is 0 Å². The molecule has 3 aromatic rings. The maximum atomic E-state index is 13.0. The molecule has 31 heavy (non-hydrogen) atoms. The highest BCUT2D eigenvalue weighted by molar-refractivity contribution is 7.17. The molecule has 0 bridgehead atoms. The predicted molar refractivity (Wildman–Crippen MR) is 119 cm³/mol. The topological polar surface area (TPSA) is 62.7 Å². The summed E-state index contributed by atoms with van der Waals surface area (Å²) in [5.74, 6) is 0.0502. The van der Waals surface area contributed by atoms with Crippen LogP contribution in [0.15, 0.2) is 66.9 Å². The number of cyclic esters (lactones) is 1. The first-order valence-electron chi connectivity index (χ1n) is 10.5. The molecule has 2 aromatic heterocycles. The zero-order chi connectivity index (χ0) is 21.2. The molecular weight excluding hydrogens is 410 g/mol. The number of carbonyl (C=O) groups is 2. The second kappa shape index (κ2) is 8.51. The molecule has 2 amide bonds. The third kappa shape index (κ3) is 3.93. The largest absolute Gasteiger partial charge is 0.447 e. The van der Waals surface area contributed by atoms with Crippen molar-refractivity contribution in [1.82, 2.24) is 14.8 Å². The van der Waals surface area contributed by atoms with Gasteiger partial charge in [0.25, 0.3) is 5.91 Å². The van der Waals surface area contributed by atoms with E-state index in [1.807, 2.05) is 70.5 Å². The van der Waals surface area contributed by atoms with Crippen molar-refractivity contribution < 1.29 is 14.3 Å². The normalized spacial score (nSPS) is 19.5. The van der Waals surface area contributed by atoms with Gasteiger partial charge in [-0.15, -0.1) is 11.3 Å². The molecule has 2 aliphatic rings. The lowest BCUT2D eigenvalue weighted by atomic mass is 9.99. The number of piperidine rings is 1. The molecule has 2 fully saturated rings. The van der Waals surface area contributed by atoms with E-state index in [9.17, 15) is 9.59 Å². The van der Waals surface area contributed by atoms with Crippen LogP contribution in [-0.4, -0.2) is 52.5 Å². The maximum Gasteiger partial charge on any atom is 0.410 e. The Bertz CT molecular complexity index is 1060. The second-order valence-corrected chi connectivity index (χ2v) is 8.90. The molecule has 4 heterocycles. The zero-order valence-electron chi connectivity index (χ0n) is 17.0. The Morgan fingerprint density at radius 3 is 2.52 bits per heavy atom. The summed E-state index contributed by atoms with van der Waals surface area (Å²) in [6.07, 6.45) is 3.01. The molecule has 1 atom stereocenters. The van der Waals surface area contributed by atoms with Crippen molar-refractivity contribution in [3.63, 3.8) is 0 Å². The minimum Gasteiger partial charge on any atom is -0.447 e. The number of likely N-dealkylation sites (tertiary alicyclic amines) is 1. The van der Waals surface area contributed by atoms with Gasteiger partial charge in [-0.3, -0.25) is 14.7 Å². The minimum atomic E-state index is -0.253. The van der Waals surface area contributed by atoms with E-state index in [2.05, 4.69) is 4.98 Å². The molecule has 0 N–H and O–H groups in total. The number of nitrogens with zero attached hydrogens (tertiary/aromatic N) is 3. The van der Waals surface area contributed by atoms with E-state index in [0.29, 0.717) is 19.7 Å². The number of hydrogen-bond acceptors (Lipinski definition) is 5. The van der Waals surface area contributed by atoms with Gasteiger partial charge in [-0.25, -0.2) is 4.79 Å². The molecule has 0 spiro atoms. The Morgan fingerprint density at radius 2 is 1.77 bits per heavy atom. The summed E-state index contributed by atoms with van der Waals surface area (Å²) < 4.78 is 5.38. The van der Waals surface area contributed by atoms with Crippen molar-refractivity contribution in [3.05, 3.63) is 77.3 Å². The summed E-state index contributed by atoms with van der Waals surface area (Å²) in [5.41, 5.74) is 1.97. The first-order chi connectivity index (χ1) is 15.2. The van der Waals surface area contributed by atoms with E-state index in [1.165, 1.54) is 11.3 Å². The quantitative estimate of drug-likeness (QED) is 0.603. The predicted octanol–water partition coefficient (Wildman–Crippen LogP) is 4.61. The summed E-state index contributed by atoms with van der Waals surface area (Å²) in [7, 11) is 0. The van der Waals surface area contributed by atoms with E-state index in [4.69, 9.17) is 4.74 Å². The van der Waals surface area contributed by atoms with Gasteiger partial charge in [0.05, 0.1) is 21.5 Å². The Morgan fingerprint density at radius 1 is 1.00 bits per heavy atom. The van der Waals surface area contributed by atoms with Gasteiger partial charge in [-0.05, 0) is 42.7 Å². The highest BCUT2D eigenvalue weighted by Crippen LogP contribution is 2.34. The minimum absolute atomic E-state index is 0.0502. The highest BCUT2D eigenvalue weighted by atomic mass is 32.1. The van der Waals surface area contributed by atoms with Crippen LogP contribution < -0.4 is 0 Å². The van der Waals surface area contributed by atoms with Gasteiger partial charge in [0.2, 0.25) is 0 Å². The van der Waals surface area contributed by atoms with Crippen LogP contribution in [0, 0.1) is 0 Å². The van der Waals surface area contributed by atoms with Crippen LogP contribution in [0.1, 0.15) is 34.1 Å². The number of thiophene rings is 1. The first-order valence-corrected chi connectivity index (χ1v) is 11.3. The van der Waals surface area contributed by atoms with Crippen molar-refractivity contribution in [1.29, 1.82) is 0 Å². The Balaban J connectivity index is 1.25. The molecule has 158 valence electrons. The van der Waals surface area contributed by atoms with Gasteiger partial charge in [0.1, 0.15) is 6.61 Å². The Labute approximate surface area is 185 Å². The van der Waals surface area contributed by atoms with Gasteiger partial charge in [0.15, 0.2) is 0 Å². The summed E-state index contributed by atoms with van der Waals surface area (Å²) >= 11 is 1.47. The molecule has 0 radical (unpaired) electrons. The summed E-state index contributed by atoms with van der Waals surface area (Å²) in [6, 6.07) is 19.6. The molecular formula is C24H23N3O3S. The molecule has 1 unspecified atom stereocenters. The second-order valence-electron chi connectivity index (χ2n) is 7.81. The van der Waals surface area contributed by atoms with Crippen molar-refractivity contribution >= 4 is 23.3 Å². The average Bonchev–Trinajstić information content (AvgIpc) is 3.47. The fraction of sp³-hybridized carbons (Fsp3) is 0.292. The van der Waals surface area contributed by atoms with E-state index < -0.39 is 0 Å². The van der Waals surface area contributed by atoms with Gasteiger partial charge in [-0.2, -0.15) is 0 Å². The van der Waals surface area contributed by atoms with Crippen molar-refractivity contribution in [2.24, 2.45) is 0 Å². The number of carbonyl (C=O) groups excluding carboxylic acids is 2. The molecule has 5 rings (SSSR count). The molecule has 2 saturated heterocycles. The van der Waals surface area contributed by atoms with Gasteiger partial charge in [0, 0.05) is 25.3 Å². The summed E-state index contributed by atoms with van der Waals surface area (Å²) in [6.45, 7) is 1.64. The highest BCUT2D eigenvalue weighted by Gasteiger charge is 2.40. The van der Waals surface area contributed by atoms with E-state index >= 15 is 0 Å². The lowest BCUT2D eigenvalue weighted by molar-refractivity contribution is 0.0641. The van der Waals surface area contributed by atoms with Crippen LogP contribution >= 0.6 is 11.3 Å². The van der Waals surface area contributed by atoms with E-state index in [1.54, 1.807) is 6.20 Å². The molecule has 1 aromatic carbocycles. The van der Waals surface area contributed by atoms with Gasteiger partial charge in [-0.1, -0.05) is 36.4 Å². The molecule has 0 saturated carbocycles. The molecule has 6 nitrogen and oxygen atoms in total. The summed E-state index contributed by atoms with van der Waals surface area (Å²) in [5, 5.41) is 0. The average molecular weight is 434 g/mol. The molecule has 2 aliphatic heterocycles. The number of aromatic nitrogens is 1. The number of ether oxygens (including phenoxy) is 1. The number of pyridine rings is 1. The van der Waals surface area contributed by atoms with Crippen LogP contribution in [-0.2, 0) is 4.74 Å². The van der Waals surface area contributed by atoms with Crippen molar-refractivity contribution in [2.45, 2.75) is 24.9 Å². The molecule has 0 aliphatic carbocycles. The van der Waals surface area contributed by atoms with Gasteiger partial charge < -0.3 is 9.64 Å². The van der Waals surface area contributed by atoms with Crippen molar-refractivity contribution in [3.8, 4) is 10.6 Å². The van der Waals surface area contributed by atoms with E-state index in [-0.39, 0.29) is 24.1 Å². The third-order valence-corrected chi connectivity index (χ3v) is 7.07. The number of amides is 2. The third-order valence-electron chi connectivity index (χ3n) is 5.97. The van der Waals surface area contributed by atoms with Crippen LogP contribution in [0.4, 0.5) is 4.79 Å². The lowest BCUT2D eigenvalue weighted by Gasteiger charge is -2.37. The SMILES string of the molecule is O=C(c1ccc(-c2ccccn2)s1)N1CCC(N2C(=O)OCC2c2ccccc2)CC1. The molecule has 7 heteroatoms. The lowest BCUT2D eigenvalue weighted by Crippen LogP contribution is -2.47. The fourth-order valence-corrected chi connectivity index (χ4v) is 5.32. The first kappa shape index (κ1) is 19.8. The van der Waals surface area contributed by atoms with Gasteiger partial charge >= 0.3 is 6.09 Å². The summed E-state index contributed by atoms with van der Waals surface area (Å²) in [4.78, 5) is 35.3. The Kier molecular flexibility index (Phi) is 5.42. The monoisotopic (exact) mass is 433 g/mol. The fourth-order valence-electron chi connectivity index (χ4n) is 4.37. The van der Waals surface area contributed by atoms with Crippen molar-refractivity contribution in [2.75, 3.05) is 19.7 Å². The van der Waals surface area contributed by atoms with E-state index in [0.717, 1.165) is 33.9 Å².